The molecule has 1 atom stereocenters. The van der Waals surface area contributed by atoms with Gasteiger partial charge in [0, 0.05) is 17.7 Å². The molecule has 21 heavy (non-hydrogen) atoms. The predicted octanol–water partition coefficient (Wildman–Crippen LogP) is 5.46. The third-order valence-corrected chi connectivity index (χ3v) is 6.47. The zero-order valence-corrected chi connectivity index (χ0v) is 12.4. The molecule has 0 aliphatic heterocycles. The smallest absolute Gasteiger partial charge is 0.133 e. The van der Waals surface area contributed by atoms with Crippen molar-refractivity contribution in [3.8, 4) is 0 Å². The number of rotatable bonds is 2. The quantitative estimate of drug-likeness (QED) is 0.636. The minimum absolute atomic E-state index is 0.129. The molecule has 4 heteroatoms. The lowest BCUT2D eigenvalue weighted by molar-refractivity contribution is -0.0387. The van der Waals surface area contributed by atoms with Crippen molar-refractivity contribution in [2.24, 2.45) is 29.6 Å². The highest BCUT2D eigenvalue weighted by Crippen LogP contribution is 2.60. The number of benzene rings is 1. The van der Waals surface area contributed by atoms with Crippen LogP contribution in [0.3, 0.4) is 0 Å². The van der Waals surface area contributed by atoms with Crippen LogP contribution in [0.5, 0.6) is 0 Å². The highest BCUT2D eigenvalue weighted by atomic mass is 35.5. The van der Waals surface area contributed by atoms with E-state index in [1.165, 1.54) is 6.42 Å². The summed E-state index contributed by atoms with van der Waals surface area (Å²) in [5, 5.41) is -0.680. The van der Waals surface area contributed by atoms with Crippen LogP contribution in [0.1, 0.15) is 43.0 Å². The molecule has 4 aliphatic carbocycles. The van der Waals surface area contributed by atoms with Gasteiger partial charge in [-0.15, -0.1) is 11.6 Å². The molecule has 0 saturated heterocycles. The standard InChI is InChI=1S/C17H18ClF3/c18-17(16-13(20)6-12(19)7-14(16)21)15-10-2-8-1-9(4-10)5-11(15)3-8/h6-11,15,17H,1-5H2. The molecule has 0 radical (unpaired) electrons. The molecule has 0 amide bonds. The number of halogens is 4. The first-order valence-electron chi connectivity index (χ1n) is 7.81. The monoisotopic (exact) mass is 314 g/mol. The fourth-order valence-corrected chi connectivity index (χ4v) is 6.07. The largest absolute Gasteiger partial charge is 0.207 e. The van der Waals surface area contributed by atoms with Crippen LogP contribution in [0.2, 0.25) is 0 Å². The zero-order chi connectivity index (χ0) is 14.7. The van der Waals surface area contributed by atoms with E-state index in [-0.39, 0.29) is 11.5 Å². The molecule has 0 aromatic heterocycles. The molecule has 4 aliphatic rings. The second kappa shape index (κ2) is 4.91. The summed E-state index contributed by atoms with van der Waals surface area (Å²) in [5.41, 5.74) is -0.129. The molecule has 4 saturated carbocycles. The topological polar surface area (TPSA) is 0 Å². The Morgan fingerprint density at radius 2 is 1.33 bits per heavy atom. The van der Waals surface area contributed by atoms with Crippen molar-refractivity contribution < 1.29 is 13.2 Å². The van der Waals surface area contributed by atoms with Gasteiger partial charge in [0.15, 0.2) is 0 Å². The Hall–Kier alpha value is -0.700. The summed E-state index contributed by atoms with van der Waals surface area (Å²) in [5.74, 6) is 0.0884. The average Bonchev–Trinajstić information content (AvgIpc) is 2.35. The molecule has 114 valence electrons. The van der Waals surface area contributed by atoms with Crippen LogP contribution in [0.25, 0.3) is 0 Å². The Kier molecular flexibility index (Phi) is 3.25. The molecular formula is C17H18ClF3. The van der Waals surface area contributed by atoms with Crippen molar-refractivity contribution in [3.05, 3.63) is 35.1 Å². The second-order valence-corrected chi connectivity index (χ2v) is 7.66. The number of hydrogen-bond donors (Lipinski definition) is 0. The normalized spacial score (nSPS) is 38.8. The van der Waals surface area contributed by atoms with E-state index in [1.54, 1.807) is 0 Å². The fraction of sp³-hybridized carbons (Fsp3) is 0.647. The molecule has 4 fully saturated rings. The lowest BCUT2D eigenvalue weighted by Crippen LogP contribution is -2.46. The van der Waals surface area contributed by atoms with Gasteiger partial charge in [-0.2, -0.15) is 0 Å². The lowest BCUT2D eigenvalue weighted by atomic mass is 9.51. The van der Waals surface area contributed by atoms with Crippen molar-refractivity contribution in [2.45, 2.75) is 37.5 Å². The lowest BCUT2D eigenvalue weighted by Gasteiger charge is -2.55. The van der Waals surface area contributed by atoms with Crippen LogP contribution < -0.4 is 0 Å². The summed E-state index contributed by atoms with van der Waals surface area (Å²) in [6.45, 7) is 0. The third kappa shape index (κ3) is 2.19. The molecule has 0 heterocycles. The summed E-state index contributed by atoms with van der Waals surface area (Å²) in [7, 11) is 0. The van der Waals surface area contributed by atoms with Crippen molar-refractivity contribution in [1.82, 2.24) is 0 Å². The third-order valence-electron chi connectivity index (χ3n) is 5.96. The molecule has 4 bridgehead atoms. The molecule has 5 rings (SSSR count). The fourth-order valence-electron chi connectivity index (χ4n) is 5.45. The summed E-state index contributed by atoms with van der Waals surface area (Å²) in [6, 6.07) is 1.48. The van der Waals surface area contributed by atoms with Gasteiger partial charge < -0.3 is 0 Å². The van der Waals surface area contributed by atoms with Gasteiger partial charge in [0.1, 0.15) is 17.5 Å². The van der Waals surface area contributed by atoms with Crippen LogP contribution in [-0.4, -0.2) is 0 Å². The SMILES string of the molecule is Fc1cc(F)c(C(Cl)C2C3CC4CC(C3)CC2C4)c(F)c1. The van der Waals surface area contributed by atoms with Crippen LogP contribution >= 0.6 is 11.6 Å². The van der Waals surface area contributed by atoms with Crippen molar-refractivity contribution in [3.63, 3.8) is 0 Å². The minimum atomic E-state index is -0.886. The van der Waals surface area contributed by atoms with Gasteiger partial charge in [0.2, 0.25) is 0 Å². The maximum absolute atomic E-state index is 14.0. The van der Waals surface area contributed by atoms with Crippen molar-refractivity contribution in [2.75, 3.05) is 0 Å². The van der Waals surface area contributed by atoms with Crippen LogP contribution in [-0.2, 0) is 0 Å². The van der Waals surface area contributed by atoms with Crippen LogP contribution in [0.15, 0.2) is 12.1 Å². The van der Waals surface area contributed by atoms with Crippen LogP contribution in [0.4, 0.5) is 13.2 Å². The summed E-state index contributed by atoms with van der Waals surface area (Å²) in [6.07, 6.45) is 5.90. The van der Waals surface area contributed by atoms with E-state index in [2.05, 4.69) is 0 Å². The first kappa shape index (κ1) is 13.9. The van der Waals surface area contributed by atoms with E-state index in [0.717, 1.165) is 49.7 Å². The molecule has 1 unspecified atom stereocenters. The van der Waals surface area contributed by atoms with Crippen LogP contribution in [0, 0.1) is 47.0 Å². The van der Waals surface area contributed by atoms with E-state index >= 15 is 0 Å². The van der Waals surface area contributed by atoms with Gasteiger partial charge in [-0.05, 0) is 61.7 Å². The van der Waals surface area contributed by atoms with Gasteiger partial charge >= 0.3 is 0 Å². The van der Waals surface area contributed by atoms with E-state index in [4.69, 9.17) is 11.6 Å². The molecule has 0 N–H and O–H groups in total. The zero-order valence-electron chi connectivity index (χ0n) is 11.7. The van der Waals surface area contributed by atoms with Gasteiger partial charge in [0.05, 0.1) is 5.38 Å². The average molecular weight is 315 g/mol. The maximum atomic E-state index is 14.0. The number of hydrogen-bond acceptors (Lipinski definition) is 0. The van der Waals surface area contributed by atoms with Crippen molar-refractivity contribution >= 4 is 11.6 Å². The van der Waals surface area contributed by atoms with E-state index in [0.29, 0.717) is 11.8 Å². The number of alkyl halides is 1. The Balaban J connectivity index is 1.68. The minimum Gasteiger partial charge on any atom is -0.207 e. The Labute approximate surface area is 127 Å². The van der Waals surface area contributed by atoms with Gasteiger partial charge in [-0.25, -0.2) is 13.2 Å². The highest BCUT2D eigenvalue weighted by Gasteiger charge is 2.51. The van der Waals surface area contributed by atoms with Crippen molar-refractivity contribution in [1.29, 1.82) is 0 Å². The first-order chi connectivity index (χ1) is 10.0. The summed E-state index contributed by atoms with van der Waals surface area (Å²) >= 11 is 6.51. The van der Waals surface area contributed by atoms with E-state index in [1.807, 2.05) is 0 Å². The first-order valence-corrected chi connectivity index (χ1v) is 8.25. The van der Waals surface area contributed by atoms with E-state index < -0.39 is 22.8 Å². The maximum Gasteiger partial charge on any atom is 0.133 e. The molecule has 0 spiro atoms. The Morgan fingerprint density at radius 1 is 0.857 bits per heavy atom. The Morgan fingerprint density at radius 3 is 1.81 bits per heavy atom. The molecular weight excluding hydrogens is 297 g/mol. The predicted molar refractivity (Wildman–Crippen MR) is 75.4 cm³/mol. The Bertz CT molecular complexity index is 520. The molecule has 1 aromatic rings. The van der Waals surface area contributed by atoms with Gasteiger partial charge in [-0.3, -0.25) is 0 Å². The summed E-state index contributed by atoms with van der Waals surface area (Å²) in [4.78, 5) is 0. The van der Waals surface area contributed by atoms with Gasteiger partial charge in [-0.1, -0.05) is 0 Å². The van der Waals surface area contributed by atoms with E-state index in [9.17, 15) is 13.2 Å². The second-order valence-electron chi connectivity index (χ2n) is 7.19. The molecule has 1 aromatic carbocycles. The highest BCUT2D eigenvalue weighted by molar-refractivity contribution is 6.21. The summed E-state index contributed by atoms with van der Waals surface area (Å²) < 4.78 is 41.1. The van der Waals surface area contributed by atoms with Gasteiger partial charge in [0.25, 0.3) is 0 Å². The molecule has 0 nitrogen and oxygen atoms in total.